The average molecular weight is 599 g/mol. The molecule has 1 unspecified atom stereocenters. The van der Waals surface area contributed by atoms with E-state index >= 15 is 0 Å². The summed E-state index contributed by atoms with van der Waals surface area (Å²) in [4.78, 5) is 25.2. The standard InChI is InChI=1S/C34H37F3O6/c1-8-18-41-30-28(34(35,36)37)17-13-25(29(30)32(39)43-33(4,5)6)20-42-26-14-10-23(11-15-26)27-16-12-24(19-22(27)9-2)21(3)31(38)40-7/h8,10-17,19,21H,1,9,18,20H2,2-7H3. The zero-order chi connectivity index (χ0) is 31.9. The Hall–Kier alpha value is -4.27. The van der Waals surface area contributed by atoms with Crippen LogP contribution in [0.15, 0.2) is 67.3 Å². The Morgan fingerprint density at radius 1 is 0.953 bits per heavy atom. The molecule has 230 valence electrons. The predicted octanol–water partition coefficient (Wildman–Crippen LogP) is 8.31. The minimum Gasteiger partial charge on any atom is -0.489 e. The van der Waals surface area contributed by atoms with Crippen LogP contribution in [0, 0.1) is 0 Å². The number of halogens is 3. The summed E-state index contributed by atoms with van der Waals surface area (Å²) >= 11 is 0. The van der Waals surface area contributed by atoms with Crippen molar-refractivity contribution in [2.75, 3.05) is 13.7 Å². The van der Waals surface area contributed by atoms with Crippen molar-refractivity contribution in [1.82, 2.24) is 0 Å². The minimum absolute atomic E-state index is 0.175. The third kappa shape index (κ3) is 8.40. The normalized spacial score (nSPS) is 12.3. The highest BCUT2D eigenvalue weighted by Gasteiger charge is 2.38. The highest BCUT2D eigenvalue weighted by Crippen LogP contribution is 2.41. The Kier molecular flexibility index (Phi) is 10.7. The van der Waals surface area contributed by atoms with Gasteiger partial charge in [0.25, 0.3) is 0 Å². The van der Waals surface area contributed by atoms with Crippen LogP contribution in [0.25, 0.3) is 11.1 Å². The largest absolute Gasteiger partial charge is 0.489 e. The van der Waals surface area contributed by atoms with Gasteiger partial charge in [0.15, 0.2) is 0 Å². The first-order valence-electron chi connectivity index (χ1n) is 13.8. The lowest BCUT2D eigenvalue weighted by atomic mass is 9.92. The fourth-order valence-electron chi connectivity index (χ4n) is 4.47. The van der Waals surface area contributed by atoms with Crippen molar-refractivity contribution in [2.45, 2.75) is 65.3 Å². The van der Waals surface area contributed by atoms with Crippen LogP contribution >= 0.6 is 0 Å². The van der Waals surface area contributed by atoms with Crippen molar-refractivity contribution in [3.8, 4) is 22.6 Å². The summed E-state index contributed by atoms with van der Waals surface area (Å²) in [6.07, 6.45) is -2.73. The monoisotopic (exact) mass is 598 g/mol. The molecule has 1 atom stereocenters. The van der Waals surface area contributed by atoms with Crippen molar-refractivity contribution in [3.05, 3.63) is 95.1 Å². The highest BCUT2D eigenvalue weighted by atomic mass is 19.4. The number of methoxy groups -OCH3 is 1. The minimum atomic E-state index is -4.77. The topological polar surface area (TPSA) is 71.1 Å². The van der Waals surface area contributed by atoms with Gasteiger partial charge in [0.2, 0.25) is 0 Å². The van der Waals surface area contributed by atoms with Crippen LogP contribution in [0.1, 0.15) is 73.1 Å². The molecule has 0 bridgehead atoms. The van der Waals surface area contributed by atoms with E-state index in [2.05, 4.69) is 6.58 Å². The molecule has 0 aliphatic carbocycles. The van der Waals surface area contributed by atoms with Crippen LogP contribution in [-0.2, 0) is 33.5 Å². The predicted molar refractivity (Wildman–Crippen MR) is 158 cm³/mol. The van der Waals surface area contributed by atoms with Gasteiger partial charge in [-0.1, -0.05) is 56.0 Å². The van der Waals surface area contributed by atoms with Crippen LogP contribution in [0.5, 0.6) is 11.5 Å². The van der Waals surface area contributed by atoms with E-state index in [1.54, 1.807) is 39.8 Å². The van der Waals surface area contributed by atoms with Gasteiger partial charge in [-0.15, -0.1) is 0 Å². The molecule has 3 aromatic carbocycles. The first-order valence-corrected chi connectivity index (χ1v) is 13.8. The molecular formula is C34H37F3O6. The molecule has 0 N–H and O–H groups in total. The van der Waals surface area contributed by atoms with Crippen LogP contribution in [0.4, 0.5) is 13.2 Å². The van der Waals surface area contributed by atoms with Gasteiger partial charge in [0, 0.05) is 5.56 Å². The Morgan fingerprint density at radius 3 is 2.19 bits per heavy atom. The maximum Gasteiger partial charge on any atom is 0.419 e. The van der Waals surface area contributed by atoms with E-state index < -0.39 is 35.0 Å². The van der Waals surface area contributed by atoms with Crippen LogP contribution < -0.4 is 9.47 Å². The van der Waals surface area contributed by atoms with Crippen molar-refractivity contribution in [2.24, 2.45) is 0 Å². The molecule has 0 aromatic heterocycles. The summed E-state index contributed by atoms with van der Waals surface area (Å²) < 4.78 is 63.2. The number of esters is 2. The molecule has 0 aliphatic heterocycles. The van der Waals surface area contributed by atoms with Crippen molar-refractivity contribution < 1.29 is 41.7 Å². The quantitative estimate of drug-likeness (QED) is 0.163. The van der Waals surface area contributed by atoms with E-state index in [4.69, 9.17) is 18.9 Å². The average Bonchev–Trinajstić information content (AvgIpc) is 2.96. The first-order chi connectivity index (χ1) is 20.2. The molecule has 0 aliphatic rings. The van der Waals surface area contributed by atoms with Gasteiger partial charge >= 0.3 is 18.1 Å². The number of alkyl halides is 3. The highest BCUT2D eigenvalue weighted by molar-refractivity contribution is 5.95. The third-order valence-electron chi connectivity index (χ3n) is 6.62. The molecule has 0 radical (unpaired) electrons. The van der Waals surface area contributed by atoms with E-state index in [0.717, 1.165) is 34.7 Å². The SMILES string of the molecule is C=CCOc1c(C(F)(F)F)ccc(COc2ccc(-c3ccc(C(C)C(=O)OC)cc3CC)cc2)c1C(=O)OC(C)(C)C. The summed E-state index contributed by atoms with van der Waals surface area (Å²) in [6.45, 7) is 11.7. The van der Waals surface area contributed by atoms with Crippen molar-refractivity contribution in [3.63, 3.8) is 0 Å². The molecule has 9 heteroatoms. The van der Waals surface area contributed by atoms with Gasteiger partial charge in [0.1, 0.15) is 35.9 Å². The lowest BCUT2D eigenvalue weighted by molar-refractivity contribution is -0.142. The van der Waals surface area contributed by atoms with Crippen LogP contribution in [-0.4, -0.2) is 31.3 Å². The van der Waals surface area contributed by atoms with Gasteiger partial charge in [-0.05, 0) is 74.6 Å². The Labute approximate surface area is 250 Å². The number of rotatable bonds is 11. The number of hydrogen-bond donors (Lipinski definition) is 0. The van der Waals surface area contributed by atoms with E-state index in [-0.39, 0.29) is 30.3 Å². The zero-order valence-corrected chi connectivity index (χ0v) is 25.3. The number of carbonyl (C=O) groups is 2. The Morgan fingerprint density at radius 2 is 1.63 bits per heavy atom. The maximum atomic E-state index is 13.9. The second-order valence-corrected chi connectivity index (χ2v) is 10.9. The molecule has 0 saturated heterocycles. The van der Waals surface area contributed by atoms with E-state index in [0.29, 0.717) is 5.75 Å². The van der Waals surface area contributed by atoms with E-state index in [1.165, 1.54) is 19.3 Å². The molecule has 0 saturated carbocycles. The molecule has 0 fully saturated rings. The van der Waals surface area contributed by atoms with Crippen molar-refractivity contribution >= 4 is 11.9 Å². The Bertz CT molecular complexity index is 1450. The Balaban J connectivity index is 1.92. The molecule has 43 heavy (non-hydrogen) atoms. The van der Waals surface area contributed by atoms with Crippen LogP contribution in [0.2, 0.25) is 0 Å². The van der Waals surface area contributed by atoms with Crippen LogP contribution in [0.3, 0.4) is 0 Å². The number of carbonyl (C=O) groups excluding carboxylic acids is 2. The zero-order valence-electron chi connectivity index (χ0n) is 25.3. The van der Waals surface area contributed by atoms with Gasteiger partial charge in [-0.25, -0.2) is 4.79 Å². The smallest absolute Gasteiger partial charge is 0.419 e. The number of benzene rings is 3. The third-order valence-corrected chi connectivity index (χ3v) is 6.62. The molecule has 6 nitrogen and oxygen atoms in total. The molecule has 0 spiro atoms. The number of ether oxygens (including phenoxy) is 4. The van der Waals surface area contributed by atoms with E-state index in [9.17, 15) is 22.8 Å². The summed E-state index contributed by atoms with van der Waals surface area (Å²) in [6, 6.07) is 15.1. The number of hydrogen-bond acceptors (Lipinski definition) is 6. The fraction of sp³-hybridized carbons (Fsp3) is 0.353. The molecule has 0 heterocycles. The van der Waals surface area contributed by atoms with E-state index in [1.807, 2.05) is 37.3 Å². The van der Waals surface area contributed by atoms with Gasteiger partial charge in [0.05, 0.1) is 18.6 Å². The summed E-state index contributed by atoms with van der Waals surface area (Å²) in [7, 11) is 1.36. The van der Waals surface area contributed by atoms with Gasteiger partial charge < -0.3 is 18.9 Å². The maximum absolute atomic E-state index is 13.9. The molecule has 3 rings (SSSR count). The lowest BCUT2D eigenvalue weighted by Gasteiger charge is -2.24. The first kappa shape index (κ1) is 33.2. The lowest BCUT2D eigenvalue weighted by Crippen LogP contribution is -2.26. The molecular weight excluding hydrogens is 561 g/mol. The second kappa shape index (κ2) is 13.8. The second-order valence-electron chi connectivity index (χ2n) is 10.9. The molecule has 0 amide bonds. The fourth-order valence-corrected chi connectivity index (χ4v) is 4.47. The summed E-state index contributed by atoms with van der Waals surface area (Å²) in [5, 5.41) is 0. The van der Waals surface area contributed by atoms with Gasteiger partial charge in [-0.2, -0.15) is 13.2 Å². The van der Waals surface area contributed by atoms with Crippen molar-refractivity contribution in [1.29, 1.82) is 0 Å². The summed E-state index contributed by atoms with van der Waals surface area (Å²) in [5.74, 6) is -1.84. The van der Waals surface area contributed by atoms with Gasteiger partial charge in [-0.3, -0.25) is 4.79 Å². The molecule has 3 aromatic rings. The number of aryl methyl sites for hydroxylation is 1. The summed E-state index contributed by atoms with van der Waals surface area (Å²) in [5.41, 5.74) is 1.61.